The van der Waals surface area contributed by atoms with Crippen LogP contribution in [0, 0.1) is 0 Å². The quantitative estimate of drug-likeness (QED) is 0.664. The SMILES string of the molecule is CNc1ccc(N=C(C)C)cc1. The van der Waals surface area contributed by atoms with Crippen LogP contribution in [0.5, 0.6) is 0 Å². The number of rotatable bonds is 2. The van der Waals surface area contributed by atoms with Crippen molar-refractivity contribution in [1.29, 1.82) is 0 Å². The van der Waals surface area contributed by atoms with Gasteiger partial charge < -0.3 is 5.32 Å². The molecule has 2 heteroatoms. The Labute approximate surface area is 73.3 Å². The zero-order valence-electron chi connectivity index (χ0n) is 7.76. The number of nitrogens with zero attached hydrogens (tertiary/aromatic N) is 1. The Bertz CT molecular complexity index is 268. The highest BCUT2D eigenvalue weighted by Gasteiger charge is 1.89. The van der Waals surface area contributed by atoms with Gasteiger partial charge in [0.15, 0.2) is 0 Å². The second-order valence-corrected chi connectivity index (χ2v) is 2.86. The standard InChI is InChI=1S/C10H14N2/c1-8(2)12-10-6-4-9(11-3)5-7-10/h4-7,11H,1-3H3. The van der Waals surface area contributed by atoms with Gasteiger partial charge in [-0.1, -0.05) is 0 Å². The summed E-state index contributed by atoms with van der Waals surface area (Å²) in [7, 11) is 1.91. The summed E-state index contributed by atoms with van der Waals surface area (Å²) >= 11 is 0. The van der Waals surface area contributed by atoms with Crippen LogP contribution in [0.15, 0.2) is 29.3 Å². The molecule has 0 aliphatic heterocycles. The third kappa shape index (κ3) is 2.38. The summed E-state index contributed by atoms with van der Waals surface area (Å²) in [5.74, 6) is 0. The molecule has 0 aliphatic rings. The summed E-state index contributed by atoms with van der Waals surface area (Å²) < 4.78 is 0. The van der Waals surface area contributed by atoms with Crippen molar-refractivity contribution >= 4 is 17.1 Å². The summed E-state index contributed by atoms with van der Waals surface area (Å²) in [6.07, 6.45) is 0. The molecule has 0 saturated heterocycles. The van der Waals surface area contributed by atoms with E-state index in [1.807, 2.05) is 45.2 Å². The molecule has 1 rings (SSSR count). The molecule has 1 N–H and O–H groups in total. The van der Waals surface area contributed by atoms with Gasteiger partial charge in [-0.25, -0.2) is 0 Å². The van der Waals surface area contributed by atoms with Gasteiger partial charge in [-0.3, -0.25) is 4.99 Å². The summed E-state index contributed by atoms with van der Waals surface area (Å²) in [5, 5.41) is 3.06. The van der Waals surface area contributed by atoms with E-state index in [0.29, 0.717) is 0 Å². The number of hydrogen-bond acceptors (Lipinski definition) is 2. The minimum absolute atomic E-state index is 1.01. The molecule has 0 spiro atoms. The van der Waals surface area contributed by atoms with Gasteiger partial charge >= 0.3 is 0 Å². The largest absolute Gasteiger partial charge is 0.388 e. The number of nitrogens with one attached hydrogen (secondary N) is 1. The van der Waals surface area contributed by atoms with Crippen LogP contribution >= 0.6 is 0 Å². The first-order chi connectivity index (χ1) is 5.72. The molecule has 0 amide bonds. The van der Waals surface area contributed by atoms with Crippen LogP contribution in [-0.4, -0.2) is 12.8 Å². The lowest BCUT2D eigenvalue weighted by atomic mass is 10.3. The Morgan fingerprint density at radius 1 is 1.17 bits per heavy atom. The second-order valence-electron chi connectivity index (χ2n) is 2.86. The van der Waals surface area contributed by atoms with Gasteiger partial charge in [0.25, 0.3) is 0 Å². The van der Waals surface area contributed by atoms with Gasteiger partial charge in [-0.15, -0.1) is 0 Å². The second kappa shape index (κ2) is 3.90. The molecule has 1 aromatic rings. The highest BCUT2D eigenvalue weighted by atomic mass is 14.8. The van der Waals surface area contributed by atoms with Gasteiger partial charge in [0.05, 0.1) is 5.69 Å². The Balaban J connectivity index is 2.85. The van der Waals surface area contributed by atoms with Crippen molar-refractivity contribution < 1.29 is 0 Å². The summed E-state index contributed by atoms with van der Waals surface area (Å²) in [5.41, 5.74) is 3.20. The molecule has 0 heterocycles. The first-order valence-corrected chi connectivity index (χ1v) is 4.02. The zero-order valence-corrected chi connectivity index (χ0v) is 7.76. The Hall–Kier alpha value is -1.31. The molecule has 0 aliphatic carbocycles. The summed E-state index contributed by atoms with van der Waals surface area (Å²) in [6.45, 7) is 3.98. The van der Waals surface area contributed by atoms with Crippen molar-refractivity contribution in [3.8, 4) is 0 Å². The van der Waals surface area contributed by atoms with Gasteiger partial charge in [-0.05, 0) is 38.1 Å². The first-order valence-electron chi connectivity index (χ1n) is 4.02. The van der Waals surface area contributed by atoms with E-state index in [4.69, 9.17) is 0 Å². The van der Waals surface area contributed by atoms with Crippen LogP contribution in [0.2, 0.25) is 0 Å². The fraction of sp³-hybridized carbons (Fsp3) is 0.300. The van der Waals surface area contributed by atoms with E-state index in [9.17, 15) is 0 Å². The van der Waals surface area contributed by atoms with E-state index < -0.39 is 0 Å². The van der Waals surface area contributed by atoms with Crippen LogP contribution in [-0.2, 0) is 0 Å². The predicted molar refractivity (Wildman–Crippen MR) is 54.4 cm³/mol. The van der Waals surface area contributed by atoms with Gasteiger partial charge in [-0.2, -0.15) is 0 Å². The normalized spacial score (nSPS) is 9.25. The Kier molecular flexibility index (Phi) is 2.86. The van der Waals surface area contributed by atoms with Crippen molar-refractivity contribution in [2.45, 2.75) is 13.8 Å². The van der Waals surface area contributed by atoms with Crippen molar-refractivity contribution in [2.24, 2.45) is 4.99 Å². The van der Waals surface area contributed by atoms with E-state index in [-0.39, 0.29) is 0 Å². The highest BCUT2D eigenvalue weighted by molar-refractivity contribution is 5.82. The van der Waals surface area contributed by atoms with Crippen molar-refractivity contribution in [3.63, 3.8) is 0 Å². The molecule has 0 saturated carbocycles. The minimum Gasteiger partial charge on any atom is -0.388 e. The van der Waals surface area contributed by atoms with Gasteiger partial charge in [0.1, 0.15) is 0 Å². The molecular weight excluding hydrogens is 148 g/mol. The Morgan fingerprint density at radius 2 is 1.75 bits per heavy atom. The number of benzene rings is 1. The number of hydrogen-bond donors (Lipinski definition) is 1. The third-order valence-corrected chi connectivity index (χ3v) is 1.51. The van der Waals surface area contributed by atoms with E-state index in [1.54, 1.807) is 0 Å². The molecule has 1 aromatic carbocycles. The topological polar surface area (TPSA) is 24.4 Å². The van der Waals surface area contributed by atoms with Crippen LogP contribution in [0.1, 0.15) is 13.8 Å². The summed E-state index contributed by atoms with van der Waals surface area (Å²) in [4.78, 5) is 4.32. The molecule has 12 heavy (non-hydrogen) atoms. The molecule has 0 fully saturated rings. The van der Waals surface area contributed by atoms with Crippen molar-refractivity contribution in [3.05, 3.63) is 24.3 Å². The van der Waals surface area contributed by atoms with Crippen LogP contribution in [0.25, 0.3) is 0 Å². The fourth-order valence-electron chi connectivity index (χ4n) is 0.961. The monoisotopic (exact) mass is 162 g/mol. The zero-order chi connectivity index (χ0) is 8.97. The molecular formula is C10H14N2. The maximum Gasteiger partial charge on any atom is 0.0630 e. The average molecular weight is 162 g/mol. The van der Waals surface area contributed by atoms with E-state index in [0.717, 1.165) is 17.1 Å². The minimum atomic E-state index is 1.01. The molecule has 0 atom stereocenters. The lowest BCUT2D eigenvalue weighted by Crippen LogP contribution is -1.85. The van der Waals surface area contributed by atoms with Crippen LogP contribution < -0.4 is 5.32 Å². The maximum absolute atomic E-state index is 4.32. The van der Waals surface area contributed by atoms with Gasteiger partial charge in [0.2, 0.25) is 0 Å². The third-order valence-electron chi connectivity index (χ3n) is 1.51. The fourth-order valence-corrected chi connectivity index (χ4v) is 0.961. The van der Waals surface area contributed by atoms with E-state index >= 15 is 0 Å². The predicted octanol–water partition coefficient (Wildman–Crippen LogP) is 2.84. The van der Waals surface area contributed by atoms with E-state index in [2.05, 4.69) is 10.3 Å². The first kappa shape index (κ1) is 8.78. The molecule has 0 aromatic heterocycles. The molecule has 64 valence electrons. The number of anilines is 1. The maximum atomic E-state index is 4.32. The summed E-state index contributed by atoms with van der Waals surface area (Å²) in [6, 6.07) is 8.03. The lowest BCUT2D eigenvalue weighted by molar-refractivity contribution is 1.45. The molecule has 0 bridgehead atoms. The smallest absolute Gasteiger partial charge is 0.0630 e. The van der Waals surface area contributed by atoms with Crippen LogP contribution in [0.4, 0.5) is 11.4 Å². The lowest BCUT2D eigenvalue weighted by Gasteiger charge is -1.99. The molecule has 0 radical (unpaired) electrons. The van der Waals surface area contributed by atoms with Gasteiger partial charge in [0, 0.05) is 18.4 Å². The highest BCUT2D eigenvalue weighted by Crippen LogP contribution is 2.15. The average Bonchev–Trinajstić information content (AvgIpc) is 2.05. The van der Waals surface area contributed by atoms with Crippen molar-refractivity contribution in [2.75, 3.05) is 12.4 Å². The molecule has 0 unspecified atom stereocenters. The van der Waals surface area contributed by atoms with Crippen LogP contribution in [0.3, 0.4) is 0 Å². The number of aliphatic imine (C=N–C) groups is 1. The molecule has 2 nitrogen and oxygen atoms in total. The Morgan fingerprint density at radius 3 is 2.17 bits per heavy atom. The van der Waals surface area contributed by atoms with E-state index in [1.165, 1.54) is 0 Å². The van der Waals surface area contributed by atoms with Crippen molar-refractivity contribution in [1.82, 2.24) is 0 Å².